The Bertz CT molecular complexity index is 193. The van der Waals surface area contributed by atoms with Crippen LogP contribution in [0.4, 0.5) is 0 Å². The van der Waals surface area contributed by atoms with Crippen LogP contribution in [-0.2, 0) is 0 Å². The van der Waals surface area contributed by atoms with Gasteiger partial charge in [-0.2, -0.15) is 0 Å². The van der Waals surface area contributed by atoms with Gasteiger partial charge in [-0.1, -0.05) is 11.8 Å². The summed E-state index contributed by atoms with van der Waals surface area (Å²) in [4.78, 5) is 7.83. The van der Waals surface area contributed by atoms with Crippen LogP contribution in [-0.4, -0.2) is 17.4 Å². The highest BCUT2D eigenvalue weighted by Crippen LogP contribution is 2.23. The lowest BCUT2D eigenvalue weighted by Gasteiger charge is -1.90. The molecule has 2 heterocycles. The van der Waals surface area contributed by atoms with Gasteiger partial charge in [0.1, 0.15) is 11.1 Å². The summed E-state index contributed by atoms with van der Waals surface area (Å²) < 4.78 is 0. The third-order valence-electron chi connectivity index (χ3n) is 1.06. The van der Waals surface area contributed by atoms with E-state index in [1.54, 1.807) is 11.8 Å². The maximum absolute atomic E-state index is 3.94. The zero-order chi connectivity index (χ0) is 5.40. The van der Waals surface area contributed by atoms with Crippen molar-refractivity contribution in [1.82, 2.24) is 0 Å². The van der Waals surface area contributed by atoms with Gasteiger partial charge in [-0.3, -0.25) is 0 Å². The lowest BCUT2D eigenvalue weighted by molar-refractivity contribution is 1.14. The molecule has 0 amide bonds. The molecule has 0 N–H and O–H groups in total. The monoisotopic (exact) mass is 123 g/mol. The zero-order valence-corrected chi connectivity index (χ0v) is 4.85. The molecule has 0 aromatic carbocycles. The van der Waals surface area contributed by atoms with Crippen LogP contribution in [0.1, 0.15) is 0 Å². The topological polar surface area (TPSA) is 24.7 Å². The first-order chi connectivity index (χ1) is 3.97. The second-order valence-corrected chi connectivity index (χ2v) is 2.50. The van der Waals surface area contributed by atoms with E-state index in [1.165, 1.54) is 0 Å². The van der Waals surface area contributed by atoms with Crippen LogP contribution in [0.5, 0.6) is 0 Å². The molecular weight excluding hydrogens is 120 g/mol. The molecule has 0 aliphatic carbocycles. The summed E-state index contributed by atoms with van der Waals surface area (Å²) in [6.07, 6.45) is 4.58. The van der Waals surface area contributed by atoms with Gasteiger partial charge in [0.25, 0.3) is 0 Å². The van der Waals surface area contributed by atoms with Gasteiger partial charge in [0, 0.05) is 0 Å². The summed E-state index contributed by atoms with van der Waals surface area (Å²) in [5, 5.41) is 3.07. The number of fused-ring (bicyclic) bond motifs is 1. The molecule has 1 unspecified atom stereocenters. The number of rotatable bonds is 0. The van der Waals surface area contributed by atoms with Crippen LogP contribution < -0.4 is 0 Å². The SMILES string of the molecule is [C]1=NC2C=CSC2=N1. The molecule has 39 valence electrons. The number of aliphatic imine (C=N–C) groups is 2. The van der Waals surface area contributed by atoms with Gasteiger partial charge in [-0.05, 0) is 11.5 Å². The molecule has 2 aliphatic heterocycles. The number of hydrogen-bond acceptors (Lipinski definition) is 3. The van der Waals surface area contributed by atoms with Gasteiger partial charge in [-0.25, -0.2) is 9.98 Å². The van der Waals surface area contributed by atoms with E-state index in [0.717, 1.165) is 5.04 Å². The second-order valence-electron chi connectivity index (χ2n) is 1.57. The first kappa shape index (κ1) is 4.32. The molecule has 0 fully saturated rings. The Morgan fingerprint density at radius 2 is 2.75 bits per heavy atom. The molecule has 8 heavy (non-hydrogen) atoms. The van der Waals surface area contributed by atoms with E-state index in [1.807, 2.05) is 11.5 Å². The number of hydrogen-bond donors (Lipinski definition) is 0. The second kappa shape index (κ2) is 1.45. The van der Waals surface area contributed by atoms with E-state index in [4.69, 9.17) is 0 Å². The lowest BCUT2D eigenvalue weighted by Crippen LogP contribution is -2.01. The highest BCUT2D eigenvalue weighted by atomic mass is 32.2. The minimum atomic E-state index is 0.222. The highest BCUT2D eigenvalue weighted by molar-refractivity contribution is 8.17. The Kier molecular flexibility index (Phi) is 0.784. The molecule has 0 aromatic heterocycles. The molecule has 3 heteroatoms. The van der Waals surface area contributed by atoms with Crippen molar-refractivity contribution in [2.24, 2.45) is 9.98 Å². The van der Waals surface area contributed by atoms with Crippen molar-refractivity contribution in [1.29, 1.82) is 0 Å². The molecule has 1 atom stereocenters. The average molecular weight is 123 g/mol. The molecule has 0 aromatic rings. The van der Waals surface area contributed by atoms with Crippen molar-refractivity contribution in [3.05, 3.63) is 11.5 Å². The fraction of sp³-hybridized carbons (Fsp3) is 0.200. The Hall–Kier alpha value is -0.570. The Balaban J connectivity index is 2.39. The molecule has 0 saturated heterocycles. The first-order valence-corrected chi connectivity index (χ1v) is 3.20. The van der Waals surface area contributed by atoms with Crippen LogP contribution in [0, 0.1) is 0 Å². The highest BCUT2D eigenvalue weighted by Gasteiger charge is 2.19. The summed E-state index contributed by atoms with van der Waals surface area (Å²) in [5.41, 5.74) is 0. The molecule has 2 aliphatic rings. The molecule has 2 nitrogen and oxygen atoms in total. The third-order valence-corrected chi connectivity index (χ3v) is 1.93. The quantitative estimate of drug-likeness (QED) is 0.470. The minimum Gasteiger partial charge on any atom is -0.249 e. The predicted octanol–water partition coefficient (Wildman–Crippen LogP) is 0.933. The van der Waals surface area contributed by atoms with Crippen molar-refractivity contribution >= 4 is 23.1 Å². The van der Waals surface area contributed by atoms with Crippen LogP contribution in [0.3, 0.4) is 0 Å². The van der Waals surface area contributed by atoms with Gasteiger partial charge in [0.05, 0.1) is 0 Å². The lowest BCUT2D eigenvalue weighted by atomic mass is 10.3. The maximum Gasteiger partial charge on any atom is 0.194 e. The van der Waals surface area contributed by atoms with Gasteiger partial charge < -0.3 is 0 Å². The molecule has 2 rings (SSSR count). The molecule has 0 bridgehead atoms. The van der Waals surface area contributed by atoms with Crippen LogP contribution >= 0.6 is 11.8 Å². The average Bonchev–Trinajstić information content (AvgIpc) is 2.15. The van der Waals surface area contributed by atoms with Crippen molar-refractivity contribution in [2.75, 3.05) is 0 Å². The normalized spacial score (nSPS) is 31.0. The van der Waals surface area contributed by atoms with Crippen molar-refractivity contribution < 1.29 is 0 Å². The summed E-state index contributed by atoms with van der Waals surface area (Å²) in [5.74, 6) is 0. The number of thioether (sulfide) groups is 1. The van der Waals surface area contributed by atoms with E-state index in [-0.39, 0.29) is 6.04 Å². The first-order valence-electron chi connectivity index (χ1n) is 2.32. The van der Waals surface area contributed by atoms with E-state index in [2.05, 4.69) is 16.3 Å². The van der Waals surface area contributed by atoms with Crippen molar-refractivity contribution in [3.8, 4) is 0 Å². The van der Waals surface area contributed by atoms with Gasteiger partial charge in [0.2, 0.25) is 0 Å². The predicted molar refractivity (Wildman–Crippen MR) is 35.4 cm³/mol. The van der Waals surface area contributed by atoms with Gasteiger partial charge in [0.15, 0.2) is 6.34 Å². The minimum absolute atomic E-state index is 0.222. The Morgan fingerprint density at radius 1 is 1.75 bits per heavy atom. The fourth-order valence-electron chi connectivity index (χ4n) is 0.667. The number of nitrogens with zero attached hydrogens (tertiary/aromatic N) is 2. The van der Waals surface area contributed by atoms with Crippen LogP contribution in [0.25, 0.3) is 0 Å². The summed E-state index contributed by atoms with van der Waals surface area (Å²) in [6, 6.07) is 0.222. The fourth-order valence-corrected chi connectivity index (χ4v) is 1.40. The van der Waals surface area contributed by atoms with E-state index in [9.17, 15) is 0 Å². The molecule has 1 radical (unpaired) electrons. The molecular formula is C5H3N2S. The van der Waals surface area contributed by atoms with E-state index < -0.39 is 0 Å². The van der Waals surface area contributed by atoms with Crippen LogP contribution in [0.2, 0.25) is 0 Å². The Labute approximate surface area is 51.4 Å². The van der Waals surface area contributed by atoms with Crippen molar-refractivity contribution in [2.45, 2.75) is 6.04 Å². The van der Waals surface area contributed by atoms with Crippen molar-refractivity contribution in [3.63, 3.8) is 0 Å². The Morgan fingerprint density at radius 3 is 3.62 bits per heavy atom. The summed E-state index contributed by atoms with van der Waals surface area (Å²) in [7, 11) is 0. The standard InChI is InChI=1S/C5H3N2S/c1-2-8-5-4(1)6-3-7-5/h1-2,4H. The smallest absolute Gasteiger partial charge is 0.194 e. The largest absolute Gasteiger partial charge is 0.249 e. The van der Waals surface area contributed by atoms with Gasteiger partial charge in [-0.15, -0.1) is 0 Å². The molecule has 0 spiro atoms. The van der Waals surface area contributed by atoms with Crippen LogP contribution in [0.15, 0.2) is 21.5 Å². The maximum atomic E-state index is 3.94. The third kappa shape index (κ3) is 0.448. The van der Waals surface area contributed by atoms with E-state index >= 15 is 0 Å². The zero-order valence-electron chi connectivity index (χ0n) is 4.03. The molecule has 0 saturated carbocycles. The van der Waals surface area contributed by atoms with Gasteiger partial charge >= 0.3 is 0 Å². The summed E-state index contributed by atoms with van der Waals surface area (Å²) >= 11 is 1.63. The van der Waals surface area contributed by atoms with E-state index in [0.29, 0.717) is 0 Å². The summed E-state index contributed by atoms with van der Waals surface area (Å²) in [6.45, 7) is 0.